The summed E-state index contributed by atoms with van der Waals surface area (Å²) in [4.78, 5) is 14.3. The van der Waals surface area contributed by atoms with Crippen LogP contribution in [0.15, 0.2) is 47.1 Å². The zero-order valence-electron chi connectivity index (χ0n) is 11.2. The lowest BCUT2D eigenvalue weighted by molar-refractivity contribution is 0.175. The summed E-state index contributed by atoms with van der Waals surface area (Å²) in [7, 11) is 0. The van der Waals surface area contributed by atoms with Crippen LogP contribution in [0.1, 0.15) is 18.7 Å². The van der Waals surface area contributed by atoms with E-state index in [0.717, 1.165) is 23.2 Å². The molecule has 1 aromatic carbocycles. The molecular formula is C15H16BrN3O. The molecule has 2 heterocycles. The van der Waals surface area contributed by atoms with Gasteiger partial charge in [0, 0.05) is 35.1 Å². The fourth-order valence-electron chi connectivity index (χ4n) is 2.58. The number of aromatic nitrogens is 1. The number of rotatable bonds is 1. The van der Waals surface area contributed by atoms with E-state index in [0.29, 0.717) is 0 Å². The van der Waals surface area contributed by atoms with E-state index in [1.54, 1.807) is 0 Å². The quantitative estimate of drug-likeness (QED) is 0.845. The Labute approximate surface area is 126 Å². The first-order valence-corrected chi connectivity index (χ1v) is 7.42. The Bertz CT molecular complexity index is 620. The zero-order valence-corrected chi connectivity index (χ0v) is 12.8. The second-order valence-electron chi connectivity index (χ2n) is 4.93. The molecule has 2 aromatic rings. The highest BCUT2D eigenvalue weighted by molar-refractivity contribution is 9.10. The fraction of sp³-hybridized carbons (Fsp3) is 0.267. The topological polar surface area (TPSA) is 37.3 Å². The molecule has 1 aromatic heterocycles. The lowest BCUT2D eigenvalue weighted by Crippen LogP contribution is -2.42. The van der Waals surface area contributed by atoms with Crippen molar-refractivity contribution in [1.82, 2.24) is 9.47 Å². The third kappa shape index (κ3) is 2.45. The minimum absolute atomic E-state index is 0.0488. The monoisotopic (exact) mass is 333 g/mol. The maximum Gasteiger partial charge on any atom is 0.322 e. The van der Waals surface area contributed by atoms with E-state index in [-0.39, 0.29) is 12.1 Å². The average Bonchev–Trinajstić information content (AvgIpc) is 2.91. The van der Waals surface area contributed by atoms with Crippen molar-refractivity contribution in [2.45, 2.75) is 19.5 Å². The number of anilines is 1. The van der Waals surface area contributed by atoms with E-state index < -0.39 is 0 Å². The molecule has 5 heteroatoms. The molecule has 1 N–H and O–H groups in total. The Balaban J connectivity index is 1.73. The number of nitrogens with one attached hydrogen (secondary N) is 1. The predicted octanol–water partition coefficient (Wildman–Crippen LogP) is 3.86. The number of hydrogen-bond donors (Lipinski definition) is 1. The summed E-state index contributed by atoms with van der Waals surface area (Å²) < 4.78 is 3.20. The van der Waals surface area contributed by atoms with E-state index in [4.69, 9.17) is 0 Å². The summed E-state index contributed by atoms with van der Waals surface area (Å²) in [6, 6.07) is 11.8. The zero-order chi connectivity index (χ0) is 14.1. The number of halogens is 1. The van der Waals surface area contributed by atoms with Gasteiger partial charge in [0.25, 0.3) is 0 Å². The summed E-state index contributed by atoms with van der Waals surface area (Å²) in [5.74, 6) is 0. The Morgan fingerprint density at radius 1 is 1.25 bits per heavy atom. The SMILES string of the molecule is C[C@H]1c2cccn2CCN1C(=O)Nc1ccc(Br)cc1. The summed E-state index contributed by atoms with van der Waals surface area (Å²) in [5, 5.41) is 2.95. The van der Waals surface area contributed by atoms with Crippen LogP contribution >= 0.6 is 15.9 Å². The third-order valence-corrected chi connectivity index (χ3v) is 4.23. The van der Waals surface area contributed by atoms with Gasteiger partial charge in [0.15, 0.2) is 0 Å². The van der Waals surface area contributed by atoms with Gasteiger partial charge in [0.2, 0.25) is 0 Å². The molecule has 20 heavy (non-hydrogen) atoms. The van der Waals surface area contributed by atoms with Crippen LogP contribution in [0.25, 0.3) is 0 Å². The Hall–Kier alpha value is -1.75. The maximum atomic E-state index is 12.4. The van der Waals surface area contributed by atoms with Crippen LogP contribution in [0.5, 0.6) is 0 Å². The molecule has 0 aliphatic carbocycles. The Morgan fingerprint density at radius 3 is 2.75 bits per heavy atom. The molecule has 0 spiro atoms. The molecule has 1 atom stereocenters. The van der Waals surface area contributed by atoms with Gasteiger partial charge in [-0.05, 0) is 43.3 Å². The van der Waals surface area contributed by atoms with Gasteiger partial charge in [0.05, 0.1) is 6.04 Å². The van der Waals surface area contributed by atoms with E-state index in [1.807, 2.05) is 35.2 Å². The molecule has 104 valence electrons. The molecule has 0 unspecified atom stereocenters. The normalized spacial score (nSPS) is 17.7. The Morgan fingerprint density at radius 2 is 2.00 bits per heavy atom. The molecular weight excluding hydrogens is 318 g/mol. The summed E-state index contributed by atoms with van der Waals surface area (Å²) in [6.07, 6.45) is 2.07. The van der Waals surface area contributed by atoms with Crippen LogP contribution in [0.3, 0.4) is 0 Å². The predicted molar refractivity (Wildman–Crippen MR) is 82.7 cm³/mol. The van der Waals surface area contributed by atoms with Gasteiger partial charge in [-0.15, -0.1) is 0 Å². The third-order valence-electron chi connectivity index (χ3n) is 3.70. The van der Waals surface area contributed by atoms with E-state index in [9.17, 15) is 4.79 Å². The number of benzene rings is 1. The lowest BCUT2D eigenvalue weighted by Gasteiger charge is -2.34. The summed E-state index contributed by atoms with van der Waals surface area (Å²) in [6.45, 7) is 3.64. The van der Waals surface area contributed by atoms with Gasteiger partial charge in [-0.2, -0.15) is 0 Å². The van der Waals surface area contributed by atoms with Crippen LogP contribution in [-0.2, 0) is 6.54 Å². The molecule has 4 nitrogen and oxygen atoms in total. The molecule has 0 bridgehead atoms. The number of carbonyl (C=O) groups is 1. The van der Waals surface area contributed by atoms with Gasteiger partial charge in [-0.25, -0.2) is 4.79 Å². The largest absolute Gasteiger partial charge is 0.348 e. The van der Waals surface area contributed by atoms with Crippen LogP contribution in [0.4, 0.5) is 10.5 Å². The molecule has 0 saturated carbocycles. The van der Waals surface area contributed by atoms with E-state index in [2.05, 4.69) is 45.0 Å². The second kappa shape index (κ2) is 5.32. The maximum absolute atomic E-state index is 12.4. The van der Waals surface area contributed by atoms with Gasteiger partial charge in [0.1, 0.15) is 0 Å². The molecule has 2 amide bonds. The van der Waals surface area contributed by atoms with Gasteiger partial charge in [-0.1, -0.05) is 15.9 Å². The highest BCUT2D eigenvalue weighted by Crippen LogP contribution is 2.26. The van der Waals surface area contributed by atoms with Crippen LogP contribution < -0.4 is 5.32 Å². The smallest absolute Gasteiger partial charge is 0.322 e. The Kier molecular flexibility index (Phi) is 3.53. The van der Waals surface area contributed by atoms with Crippen molar-refractivity contribution in [3.63, 3.8) is 0 Å². The van der Waals surface area contributed by atoms with Crippen molar-refractivity contribution in [2.75, 3.05) is 11.9 Å². The van der Waals surface area contributed by atoms with Gasteiger partial charge >= 0.3 is 6.03 Å². The van der Waals surface area contributed by atoms with Crippen LogP contribution in [0.2, 0.25) is 0 Å². The second-order valence-corrected chi connectivity index (χ2v) is 5.85. The van der Waals surface area contributed by atoms with Crippen molar-refractivity contribution < 1.29 is 4.79 Å². The standard InChI is InChI=1S/C15H16BrN3O/c1-11-14-3-2-8-18(14)9-10-19(11)15(20)17-13-6-4-12(16)5-7-13/h2-8,11H,9-10H2,1H3,(H,17,20)/t11-/m0/s1. The van der Waals surface area contributed by atoms with Crippen LogP contribution in [-0.4, -0.2) is 22.0 Å². The van der Waals surface area contributed by atoms with Crippen molar-refractivity contribution in [3.05, 3.63) is 52.8 Å². The van der Waals surface area contributed by atoms with Crippen molar-refractivity contribution >= 4 is 27.6 Å². The highest BCUT2D eigenvalue weighted by atomic mass is 79.9. The molecule has 0 saturated heterocycles. The first-order chi connectivity index (χ1) is 9.65. The van der Waals surface area contributed by atoms with Crippen molar-refractivity contribution in [3.8, 4) is 0 Å². The fourth-order valence-corrected chi connectivity index (χ4v) is 2.85. The number of carbonyl (C=O) groups excluding carboxylic acids is 1. The molecule has 0 radical (unpaired) electrons. The van der Waals surface area contributed by atoms with Crippen LogP contribution in [0, 0.1) is 0 Å². The van der Waals surface area contributed by atoms with E-state index in [1.165, 1.54) is 5.69 Å². The summed E-state index contributed by atoms with van der Waals surface area (Å²) >= 11 is 3.39. The molecule has 1 aliphatic heterocycles. The van der Waals surface area contributed by atoms with Gasteiger partial charge in [-0.3, -0.25) is 0 Å². The minimum Gasteiger partial charge on any atom is -0.348 e. The van der Waals surface area contributed by atoms with Crippen molar-refractivity contribution in [2.24, 2.45) is 0 Å². The number of fused-ring (bicyclic) bond motifs is 1. The number of hydrogen-bond acceptors (Lipinski definition) is 1. The number of amides is 2. The first-order valence-electron chi connectivity index (χ1n) is 6.63. The number of nitrogens with zero attached hydrogens (tertiary/aromatic N) is 2. The summed E-state index contributed by atoms with van der Waals surface area (Å²) in [5.41, 5.74) is 1.99. The van der Waals surface area contributed by atoms with Gasteiger partial charge < -0.3 is 14.8 Å². The number of urea groups is 1. The molecule has 3 rings (SSSR count). The molecule has 1 aliphatic rings. The lowest BCUT2D eigenvalue weighted by atomic mass is 10.1. The first kappa shape index (κ1) is 13.2. The van der Waals surface area contributed by atoms with Crippen molar-refractivity contribution in [1.29, 1.82) is 0 Å². The molecule has 0 fully saturated rings. The average molecular weight is 334 g/mol. The van der Waals surface area contributed by atoms with E-state index >= 15 is 0 Å². The minimum atomic E-state index is -0.0488. The highest BCUT2D eigenvalue weighted by Gasteiger charge is 2.27.